The Hall–Kier alpha value is -1.66. The number of anilines is 1. The average Bonchev–Trinajstić information content (AvgIpc) is 2.49. The average molecular weight is 306 g/mol. The molecule has 6 heteroatoms. The Bertz CT molecular complexity index is 549. The van der Waals surface area contributed by atoms with Crippen molar-refractivity contribution in [3.8, 4) is 0 Å². The maximum atomic E-state index is 11.0. The third kappa shape index (κ3) is 2.80. The number of rotatable bonds is 2. The molecule has 2 fully saturated rings. The largest absolute Gasteiger partial charge is 0.371 e. The molecule has 1 spiro atoms. The second-order valence-corrected chi connectivity index (χ2v) is 6.49. The first kappa shape index (κ1) is 15.2. The first-order valence-corrected chi connectivity index (χ1v) is 7.67. The quantitative estimate of drug-likeness (QED) is 0.621. The van der Waals surface area contributed by atoms with E-state index < -0.39 is 0 Å². The normalized spacial score (nSPS) is 21.1. The molecule has 1 aromatic rings. The molecule has 0 atom stereocenters. The van der Waals surface area contributed by atoms with Gasteiger partial charge < -0.3 is 14.4 Å². The predicted octanol–water partition coefficient (Wildman–Crippen LogP) is 2.80. The summed E-state index contributed by atoms with van der Waals surface area (Å²) < 4.78 is 11.0. The molecule has 0 amide bonds. The third-order valence-corrected chi connectivity index (χ3v) is 4.81. The Morgan fingerprint density at radius 2 is 1.68 bits per heavy atom. The number of piperidine rings is 1. The monoisotopic (exact) mass is 306 g/mol. The van der Waals surface area contributed by atoms with Gasteiger partial charge in [-0.05, 0) is 37.8 Å². The number of aryl methyl sites for hydroxylation is 2. The van der Waals surface area contributed by atoms with Crippen LogP contribution in [0.5, 0.6) is 0 Å². The van der Waals surface area contributed by atoms with E-state index in [0.29, 0.717) is 6.79 Å². The molecule has 2 aliphatic heterocycles. The molecule has 22 heavy (non-hydrogen) atoms. The van der Waals surface area contributed by atoms with Gasteiger partial charge in [-0.15, -0.1) is 0 Å². The molecule has 0 bridgehead atoms. The number of ether oxygens (including phenoxy) is 2. The van der Waals surface area contributed by atoms with Crippen molar-refractivity contribution in [1.82, 2.24) is 0 Å². The van der Waals surface area contributed by atoms with Gasteiger partial charge in [0.05, 0.1) is 18.1 Å². The minimum absolute atomic E-state index is 0.150. The van der Waals surface area contributed by atoms with Crippen LogP contribution in [0.2, 0.25) is 0 Å². The highest BCUT2D eigenvalue weighted by Gasteiger charge is 2.37. The number of benzene rings is 1. The number of non-ortho nitro benzene ring substituents is 1. The Labute approximate surface area is 130 Å². The summed E-state index contributed by atoms with van der Waals surface area (Å²) in [6.45, 7) is 7.74. The van der Waals surface area contributed by atoms with Gasteiger partial charge in [0.15, 0.2) is 0 Å². The maximum Gasteiger partial charge on any atom is 0.270 e. The van der Waals surface area contributed by atoms with Crippen molar-refractivity contribution in [3.63, 3.8) is 0 Å². The SMILES string of the molecule is Cc1cc([N+](=O)[O-])cc(C)c1N1CCC2(CC1)COCOC2. The van der Waals surface area contributed by atoms with Gasteiger partial charge in [-0.2, -0.15) is 0 Å². The van der Waals surface area contributed by atoms with E-state index in [9.17, 15) is 10.1 Å². The Balaban J connectivity index is 1.77. The van der Waals surface area contributed by atoms with Crippen molar-refractivity contribution >= 4 is 11.4 Å². The van der Waals surface area contributed by atoms with Crippen LogP contribution >= 0.6 is 0 Å². The zero-order valence-electron chi connectivity index (χ0n) is 13.1. The smallest absolute Gasteiger partial charge is 0.270 e. The second-order valence-electron chi connectivity index (χ2n) is 6.49. The fourth-order valence-electron chi connectivity index (χ4n) is 3.65. The van der Waals surface area contributed by atoms with E-state index in [-0.39, 0.29) is 16.0 Å². The van der Waals surface area contributed by atoms with Crippen molar-refractivity contribution < 1.29 is 14.4 Å². The molecule has 0 radical (unpaired) electrons. The highest BCUT2D eigenvalue weighted by Crippen LogP contribution is 2.38. The summed E-state index contributed by atoms with van der Waals surface area (Å²) >= 11 is 0. The van der Waals surface area contributed by atoms with Gasteiger partial charge in [0.1, 0.15) is 6.79 Å². The molecule has 0 N–H and O–H groups in total. The topological polar surface area (TPSA) is 64.8 Å². The minimum atomic E-state index is -0.328. The fraction of sp³-hybridized carbons (Fsp3) is 0.625. The minimum Gasteiger partial charge on any atom is -0.371 e. The van der Waals surface area contributed by atoms with E-state index in [0.717, 1.165) is 56.0 Å². The van der Waals surface area contributed by atoms with E-state index in [1.165, 1.54) is 0 Å². The number of nitro benzene ring substituents is 1. The molecule has 120 valence electrons. The molecule has 6 nitrogen and oxygen atoms in total. The molecule has 2 aliphatic rings. The zero-order valence-corrected chi connectivity index (χ0v) is 13.1. The van der Waals surface area contributed by atoms with Crippen LogP contribution in [-0.2, 0) is 9.47 Å². The summed E-state index contributed by atoms with van der Waals surface area (Å²) in [5.41, 5.74) is 3.40. The van der Waals surface area contributed by atoms with Crippen molar-refractivity contribution in [2.24, 2.45) is 5.41 Å². The molecule has 0 aliphatic carbocycles. The summed E-state index contributed by atoms with van der Waals surface area (Å²) in [4.78, 5) is 13.0. The van der Waals surface area contributed by atoms with Crippen molar-refractivity contribution in [3.05, 3.63) is 33.4 Å². The third-order valence-electron chi connectivity index (χ3n) is 4.81. The number of nitro groups is 1. The highest BCUT2D eigenvalue weighted by molar-refractivity contribution is 5.63. The summed E-state index contributed by atoms with van der Waals surface area (Å²) in [7, 11) is 0. The number of hydrogen-bond donors (Lipinski definition) is 0. The molecule has 2 heterocycles. The van der Waals surface area contributed by atoms with Gasteiger partial charge in [-0.3, -0.25) is 10.1 Å². The van der Waals surface area contributed by atoms with E-state index in [2.05, 4.69) is 4.90 Å². The van der Waals surface area contributed by atoms with Gasteiger partial charge in [-0.25, -0.2) is 0 Å². The Morgan fingerprint density at radius 3 is 2.18 bits per heavy atom. The molecular weight excluding hydrogens is 284 g/mol. The van der Waals surface area contributed by atoms with Crippen molar-refractivity contribution in [2.45, 2.75) is 26.7 Å². The van der Waals surface area contributed by atoms with E-state index in [4.69, 9.17) is 9.47 Å². The van der Waals surface area contributed by atoms with E-state index >= 15 is 0 Å². The van der Waals surface area contributed by atoms with Crippen LogP contribution in [0.3, 0.4) is 0 Å². The van der Waals surface area contributed by atoms with Crippen LogP contribution in [0.25, 0.3) is 0 Å². The summed E-state index contributed by atoms with van der Waals surface area (Å²) in [6, 6.07) is 3.33. The molecule has 0 saturated carbocycles. The van der Waals surface area contributed by atoms with Crippen LogP contribution in [0, 0.1) is 29.4 Å². The van der Waals surface area contributed by atoms with Gasteiger partial charge >= 0.3 is 0 Å². The van der Waals surface area contributed by atoms with Gasteiger partial charge in [0, 0.05) is 36.3 Å². The predicted molar refractivity (Wildman–Crippen MR) is 83.2 cm³/mol. The Kier molecular flexibility index (Phi) is 4.06. The molecule has 3 rings (SSSR count). The van der Waals surface area contributed by atoms with Crippen LogP contribution in [0.1, 0.15) is 24.0 Å². The fourth-order valence-corrected chi connectivity index (χ4v) is 3.65. The van der Waals surface area contributed by atoms with Gasteiger partial charge in [0.2, 0.25) is 0 Å². The summed E-state index contributed by atoms with van der Waals surface area (Å²) in [5, 5.41) is 11.0. The standard InChI is InChI=1S/C16H22N2O4/c1-12-7-14(18(19)20)8-13(2)15(12)17-5-3-16(4-6-17)9-21-11-22-10-16/h7-8H,3-6,9-11H2,1-2H3. The van der Waals surface area contributed by atoms with Crippen molar-refractivity contribution in [1.29, 1.82) is 0 Å². The summed E-state index contributed by atoms with van der Waals surface area (Å²) in [6.07, 6.45) is 2.06. The maximum absolute atomic E-state index is 11.0. The molecule has 0 unspecified atom stereocenters. The highest BCUT2D eigenvalue weighted by atomic mass is 16.7. The summed E-state index contributed by atoms with van der Waals surface area (Å²) in [5.74, 6) is 0. The van der Waals surface area contributed by atoms with Crippen molar-refractivity contribution in [2.75, 3.05) is 38.0 Å². The Morgan fingerprint density at radius 1 is 1.14 bits per heavy atom. The first-order chi connectivity index (χ1) is 10.5. The molecule has 2 saturated heterocycles. The van der Waals surface area contributed by atoms with Crippen LogP contribution in [0.4, 0.5) is 11.4 Å². The van der Waals surface area contributed by atoms with Crippen LogP contribution in [-0.4, -0.2) is 38.0 Å². The molecular formula is C16H22N2O4. The number of nitrogens with zero attached hydrogens (tertiary/aromatic N) is 2. The lowest BCUT2D eigenvalue weighted by atomic mass is 9.79. The van der Waals surface area contributed by atoms with E-state index in [1.807, 2.05) is 13.8 Å². The van der Waals surface area contributed by atoms with Gasteiger partial charge in [0.25, 0.3) is 5.69 Å². The van der Waals surface area contributed by atoms with Crippen LogP contribution in [0.15, 0.2) is 12.1 Å². The second kappa shape index (κ2) is 5.85. The molecule has 0 aromatic heterocycles. The zero-order chi connectivity index (χ0) is 15.7. The molecule has 1 aromatic carbocycles. The first-order valence-electron chi connectivity index (χ1n) is 7.67. The van der Waals surface area contributed by atoms with Gasteiger partial charge in [-0.1, -0.05) is 0 Å². The lowest BCUT2D eigenvalue weighted by molar-refractivity contribution is -0.384. The van der Waals surface area contributed by atoms with Crippen LogP contribution < -0.4 is 4.90 Å². The number of hydrogen-bond acceptors (Lipinski definition) is 5. The lowest BCUT2D eigenvalue weighted by Gasteiger charge is -2.44. The lowest BCUT2D eigenvalue weighted by Crippen LogP contribution is -2.47. The van der Waals surface area contributed by atoms with E-state index in [1.54, 1.807) is 12.1 Å².